The normalized spacial score (nSPS) is 24.3. The van der Waals surface area contributed by atoms with Gasteiger partial charge in [-0.3, -0.25) is 0 Å². The lowest BCUT2D eigenvalue weighted by Crippen LogP contribution is -2.35. The van der Waals surface area contributed by atoms with Crippen LogP contribution in [0.3, 0.4) is 0 Å². The molecule has 9 nitrogen and oxygen atoms in total. The van der Waals surface area contributed by atoms with E-state index in [9.17, 15) is 5.26 Å². The highest BCUT2D eigenvalue weighted by Gasteiger charge is 2.48. The third kappa shape index (κ3) is 3.23. The molecule has 1 aliphatic heterocycles. The highest BCUT2D eigenvalue weighted by atomic mass is 32.1. The molecule has 0 bridgehead atoms. The summed E-state index contributed by atoms with van der Waals surface area (Å²) in [5.74, 6) is 1.45. The molecule has 0 amide bonds. The number of likely N-dealkylation sites (N-methyl/N-ethyl adjacent to an activating group) is 1. The Bertz CT molecular complexity index is 1560. The van der Waals surface area contributed by atoms with Gasteiger partial charge in [0.2, 0.25) is 0 Å². The Labute approximate surface area is 219 Å². The Morgan fingerprint density at radius 2 is 2.08 bits per heavy atom. The van der Waals surface area contributed by atoms with Gasteiger partial charge in [-0.15, -0.1) is 11.3 Å². The highest BCUT2D eigenvalue weighted by molar-refractivity contribution is 7.16. The van der Waals surface area contributed by atoms with Crippen molar-refractivity contribution >= 4 is 27.5 Å². The van der Waals surface area contributed by atoms with Gasteiger partial charge in [0, 0.05) is 22.5 Å². The number of likely N-dealkylation sites (tertiary alicyclic amines) is 1. The van der Waals surface area contributed by atoms with Crippen LogP contribution in [0.5, 0.6) is 0 Å². The average Bonchev–Trinajstić information content (AvgIpc) is 3.68. The minimum absolute atomic E-state index is 0.254. The van der Waals surface area contributed by atoms with Crippen LogP contribution in [-0.4, -0.2) is 49.2 Å². The van der Waals surface area contributed by atoms with Crippen LogP contribution in [0, 0.1) is 11.3 Å². The van der Waals surface area contributed by atoms with E-state index in [4.69, 9.17) is 15.2 Å². The number of aryl methyl sites for hydroxylation is 1. The summed E-state index contributed by atoms with van der Waals surface area (Å²) in [5, 5.41) is 15.1. The molecule has 0 saturated carbocycles. The Morgan fingerprint density at radius 1 is 1.24 bits per heavy atom. The Balaban J connectivity index is 1.33. The summed E-state index contributed by atoms with van der Waals surface area (Å²) in [6, 6.07) is 3.10. The molecule has 0 aromatic carbocycles. The topological polar surface area (TPSA) is 123 Å². The van der Waals surface area contributed by atoms with E-state index in [0.717, 1.165) is 73.1 Å². The fraction of sp³-hybridized carbons (Fsp3) is 0.519. The van der Waals surface area contributed by atoms with Crippen LogP contribution < -0.4 is 5.73 Å². The third-order valence-corrected chi connectivity index (χ3v) is 10.0. The van der Waals surface area contributed by atoms with Gasteiger partial charge in [-0.2, -0.15) is 5.26 Å². The van der Waals surface area contributed by atoms with Crippen molar-refractivity contribution in [3.63, 3.8) is 0 Å². The summed E-state index contributed by atoms with van der Waals surface area (Å²) in [4.78, 5) is 17.9. The molecule has 2 N–H and O–H groups in total. The third-order valence-electron chi connectivity index (χ3n) is 8.96. The van der Waals surface area contributed by atoms with Gasteiger partial charge in [-0.1, -0.05) is 5.16 Å². The van der Waals surface area contributed by atoms with Crippen molar-refractivity contribution in [2.24, 2.45) is 0 Å². The van der Waals surface area contributed by atoms with Crippen molar-refractivity contribution in [1.29, 1.82) is 5.26 Å². The molecule has 37 heavy (non-hydrogen) atoms. The number of hydrogen-bond acceptors (Lipinski definition) is 9. The van der Waals surface area contributed by atoms with Crippen molar-refractivity contribution in [2.45, 2.75) is 75.8 Å². The van der Waals surface area contributed by atoms with Crippen LogP contribution in [-0.2, 0) is 18.3 Å². The number of imidazole rings is 1. The van der Waals surface area contributed by atoms with Crippen LogP contribution in [0.15, 0.2) is 17.0 Å². The monoisotopic (exact) mass is 514 g/mol. The van der Waals surface area contributed by atoms with Crippen molar-refractivity contribution < 1.29 is 4.52 Å². The molecule has 10 heteroatoms. The summed E-state index contributed by atoms with van der Waals surface area (Å²) in [7, 11) is 2.20. The molecule has 2 aliphatic carbocycles. The minimum atomic E-state index is -0.348. The summed E-state index contributed by atoms with van der Waals surface area (Å²) in [6.07, 6.45) is 11.8. The van der Waals surface area contributed by atoms with Crippen LogP contribution in [0.4, 0.5) is 5.00 Å². The van der Waals surface area contributed by atoms with Crippen LogP contribution >= 0.6 is 11.3 Å². The molecule has 1 fully saturated rings. The number of thiophene rings is 1. The van der Waals surface area contributed by atoms with Crippen molar-refractivity contribution in [2.75, 3.05) is 19.3 Å². The standard InChI is InChI=1S/C27H30N8OS/c1-15(19-7-5-11-34(19)2)35-14-31-18-13-30-25(32-26(18)35)22-16-6-3-9-27(23(16)36-33-22)10-4-8-20-21(27)17(12-28)24(29)37-20/h13-15,19H,3-11,29H2,1-2H3/t15-,19-,27-/m0/s1. The molecular formula is C27H30N8OS. The summed E-state index contributed by atoms with van der Waals surface area (Å²) in [6.45, 7) is 3.37. The second-order valence-corrected chi connectivity index (χ2v) is 12.0. The Kier molecular flexibility index (Phi) is 5.17. The zero-order valence-electron chi connectivity index (χ0n) is 21.2. The van der Waals surface area contributed by atoms with Gasteiger partial charge in [-0.05, 0) is 77.4 Å². The fourth-order valence-corrected chi connectivity index (χ4v) is 8.35. The second kappa shape index (κ2) is 8.36. The number of nitrogens with zero attached hydrogens (tertiary/aromatic N) is 7. The van der Waals surface area contributed by atoms with E-state index >= 15 is 0 Å². The lowest BCUT2D eigenvalue weighted by Gasteiger charge is -2.39. The van der Waals surface area contributed by atoms with E-state index in [-0.39, 0.29) is 11.5 Å². The molecule has 1 spiro atoms. The maximum Gasteiger partial charge on any atom is 0.184 e. The lowest BCUT2D eigenvalue weighted by molar-refractivity contribution is 0.242. The van der Waals surface area contributed by atoms with Gasteiger partial charge in [0.25, 0.3) is 0 Å². The molecule has 4 aromatic heterocycles. The van der Waals surface area contributed by atoms with Crippen LogP contribution in [0.25, 0.3) is 22.7 Å². The Morgan fingerprint density at radius 3 is 2.86 bits per heavy atom. The van der Waals surface area contributed by atoms with E-state index in [2.05, 4.69) is 44.6 Å². The quantitative estimate of drug-likeness (QED) is 0.420. The molecule has 7 rings (SSSR count). The van der Waals surface area contributed by atoms with E-state index in [1.54, 1.807) is 17.5 Å². The van der Waals surface area contributed by atoms with Crippen LogP contribution in [0.2, 0.25) is 0 Å². The SMILES string of the molecule is C[C@@H]([C@@H]1CCCN1C)n1cnc2cnc(-c3noc4c3CCC[C@@]43CCCc4sc(N)c(C#N)c43)nc21. The van der Waals surface area contributed by atoms with Crippen molar-refractivity contribution in [3.05, 3.63) is 39.9 Å². The number of aromatic nitrogens is 5. The molecular weight excluding hydrogens is 484 g/mol. The number of rotatable bonds is 3. The lowest BCUT2D eigenvalue weighted by atomic mass is 9.63. The van der Waals surface area contributed by atoms with Gasteiger partial charge < -0.3 is 19.7 Å². The number of nitrogen functional groups attached to an aromatic ring is 1. The minimum Gasteiger partial charge on any atom is -0.389 e. The highest BCUT2D eigenvalue weighted by Crippen LogP contribution is 2.55. The zero-order chi connectivity index (χ0) is 25.3. The summed E-state index contributed by atoms with van der Waals surface area (Å²) in [5.41, 5.74) is 11.0. The first-order valence-electron chi connectivity index (χ1n) is 13.2. The van der Waals surface area contributed by atoms with Gasteiger partial charge in [0.15, 0.2) is 22.9 Å². The summed E-state index contributed by atoms with van der Waals surface area (Å²) < 4.78 is 8.34. The first-order chi connectivity index (χ1) is 18.0. The average molecular weight is 515 g/mol. The molecule has 190 valence electrons. The number of nitriles is 1. The Hall–Kier alpha value is -3.29. The van der Waals surface area contributed by atoms with E-state index in [1.807, 2.05) is 6.33 Å². The number of hydrogen-bond donors (Lipinski definition) is 1. The van der Waals surface area contributed by atoms with Crippen molar-refractivity contribution in [1.82, 2.24) is 29.6 Å². The predicted octanol–water partition coefficient (Wildman–Crippen LogP) is 4.61. The number of fused-ring (bicyclic) bond motifs is 5. The molecule has 5 heterocycles. The smallest absolute Gasteiger partial charge is 0.184 e. The maximum absolute atomic E-state index is 9.95. The van der Waals surface area contributed by atoms with E-state index < -0.39 is 0 Å². The zero-order valence-corrected chi connectivity index (χ0v) is 22.0. The first-order valence-corrected chi connectivity index (χ1v) is 14.0. The molecule has 0 radical (unpaired) electrons. The molecule has 4 aromatic rings. The maximum atomic E-state index is 9.95. The van der Waals surface area contributed by atoms with Crippen molar-refractivity contribution in [3.8, 4) is 17.6 Å². The molecule has 1 saturated heterocycles. The van der Waals surface area contributed by atoms with E-state index in [0.29, 0.717) is 28.1 Å². The number of nitrogens with two attached hydrogens (primary N) is 1. The van der Waals surface area contributed by atoms with Gasteiger partial charge >= 0.3 is 0 Å². The van der Waals surface area contributed by atoms with Crippen LogP contribution in [0.1, 0.15) is 78.8 Å². The fourth-order valence-electron chi connectivity index (χ4n) is 7.19. The van der Waals surface area contributed by atoms with Gasteiger partial charge in [-0.25, -0.2) is 15.0 Å². The van der Waals surface area contributed by atoms with Gasteiger partial charge in [0.05, 0.1) is 23.5 Å². The molecule has 0 unspecified atom stereocenters. The number of anilines is 1. The molecule has 3 aliphatic rings. The van der Waals surface area contributed by atoms with Gasteiger partial charge in [0.1, 0.15) is 16.6 Å². The summed E-state index contributed by atoms with van der Waals surface area (Å²) >= 11 is 1.56. The predicted molar refractivity (Wildman–Crippen MR) is 141 cm³/mol. The largest absolute Gasteiger partial charge is 0.389 e. The second-order valence-electron chi connectivity index (χ2n) is 10.9. The molecule has 3 atom stereocenters. The first kappa shape index (κ1) is 22.9. The van der Waals surface area contributed by atoms with E-state index in [1.165, 1.54) is 17.7 Å².